The van der Waals surface area contributed by atoms with Gasteiger partial charge in [0.2, 0.25) is 17.1 Å². The molecule has 0 heterocycles. The molecule has 12 nitrogen and oxygen atoms in total. The van der Waals surface area contributed by atoms with Crippen LogP contribution in [0.2, 0.25) is 0 Å². The number of phenolic OH excluding ortho intramolecular Hbond substituents is 1. The molecular formula is C64H58N2O10. The molecule has 0 fully saturated rings. The van der Waals surface area contributed by atoms with Crippen LogP contribution in [0.3, 0.4) is 0 Å². The van der Waals surface area contributed by atoms with Crippen LogP contribution in [0.25, 0.3) is 27.1 Å². The molecule has 0 radical (unpaired) electrons. The molecule has 0 aliphatic heterocycles. The average molecular weight is 1020 g/mol. The molecule has 2 aliphatic rings. The highest BCUT2D eigenvalue weighted by Gasteiger charge is 2.35. The molecule has 0 saturated heterocycles. The lowest BCUT2D eigenvalue weighted by Crippen LogP contribution is -2.31. The molecule has 9 rings (SSSR count). The SMILES string of the molecule is C=C(C)C(=O)OCC(COC(=O)CCC)Oc1cccc2c(N(c3ccc(OCCCCC)cc3)c3ccc(C4=C([O-])/C(=C5C=C/C(=[N+](/c6ccccc6)c6cccc7ccccc67)C=C/5O)C4=O)c(O)c3)cccc12. The van der Waals surface area contributed by atoms with E-state index in [-0.39, 0.29) is 59.0 Å². The third-order valence-electron chi connectivity index (χ3n) is 13.1. The van der Waals surface area contributed by atoms with Gasteiger partial charge in [-0.15, -0.1) is 0 Å². The predicted octanol–water partition coefficient (Wildman–Crippen LogP) is 12.9. The van der Waals surface area contributed by atoms with Crippen LogP contribution < -0.4 is 24.1 Å². The number of benzene rings is 7. The second-order valence-corrected chi connectivity index (χ2v) is 18.5. The minimum atomic E-state index is -0.856. The van der Waals surface area contributed by atoms with Crippen LogP contribution in [0.5, 0.6) is 17.2 Å². The molecule has 0 bridgehead atoms. The number of para-hydroxylation sites is 1. The van der Waals surface area contributed by atoms with Crippen molar-refractivity contribution in [3.05, 3.63) is 210 Å². The predicted molar refractivity (Wildman–Crippen MR) is 297 cm³/mol. The van der Waals surface area contributed by atoms with Crippen LogP contribution in [0, 0.1) is 0 Å². The molecule has 0 spiro atoms. The summed E-state index contributed by atoms with van der Waals surface area (Å²) < 4.78 is 25.5. The summed E-state index contributed by atoms with van der Waals surface area (Å²) in [6, 6.07) is 47.3. The van der Waals surface area contributed by atoms with Crippen LogP contribution >= 0.6 is 0 Å². The Balaban J connectivity index is 1.07. The first-order valence-corrected chi connectivity index (χ1v) is 25.5. The topological polar surface area (TPSA) is 158 Å². The van der Waals surface area contributed by atoms with Gasteiger partial charge in [-0.05, 0) is 85.8 Å². The number of anilines is 3. The number of esters is 2. The zero-order chi connectivity index (χ0) is 53.3. The first kappa shape index (κ1) is 51.7. The highest BCUT2D eigenvalue weighted by atomic mass is 16.6. The number of carbonyl (C=O) groups is 3. The summed E-state index contributed by atoms with van der Waals surface area (Å²) in [7, 11) is 0. The van der Waals surface area contributed by atoms with Gasteiger partial charge in [-0.1, -0.05) is 112 Å². The maximum atomic E-state index is 14.1. The van der Waals surface area contributed by atoms with Crippen molar-refractivity contribution >= 4 is 79.0 Å². The summed E-state index contributed by atoms with van der Waals surface area (Å²) >= 11 is 0. The molecule has 1 atom stereocenters. The number of rotatable bonds is 20. The Morgan fingerprint density at radius 1 is 0.724 bits per heavy atom. The first-order chi connectivity index (χ1) is 36.9. The van der Waals surface area contributed by atoms with Crippen LogP contribution in [0.1, 0.15) is 58.4 Å². The van der Waals surface area contributed by atoms with Crippen LogP contribution in [0.15, 0.2) is 205 Å². The Labute approximate surface area is 441 Å². The van der Waals surface area contributed by atoms with E-state index in [1.807, 2.05) is 144 Å². The molecule has 384 valence electrons. The Kier molecular flexibility index (Phi) is 15.9. The van der Waals surface area contributed by atoms with E-state index in [1.54, 1.807) is 43.4 Å². The van der Waals surface area contributed by atoms with Crippen LogP contribution in [-0.4, -0.2) is 59.6 Å². The Morgan fingerprint density at radius 2 is 1.42 bits per heavy atom. The van der Waals surface area contributed by atoms with Gasteiger partial charge in [0.25, 0.3) is 0 Å². The summed E-state index contributed by atoms with van der Waals surface area (Å²) in [5, 5.41) is 41.1. The van der Waals surface area contributed by atoms with Gasteiger partial charge in [-0.25, -0.2) is 4.79 Å². The minimum Gasteiger partial charge on any atom is -0.871 e. The summed E-state index contributed by atoms with van der Waals surface area (Å²) in [6.45, 7) is 9.42. The average Bonchev–Trinajstić information content (AvgIpc) is 3.44. The molecular weight excluding hydrogens is 957 g/mol. The summed E-state index contributed by atoms with van der Waals surface area (Å²) in [6.07, 6.45) is 7.91. The number of fused-ring (bicyclic) bond motifs is 2. The van der Waals surface area contributed by atoms with Gasteiger partial charge in [0.05, 0.1) is 23.8 Å². The third kappa shape index (κ3) is 11.0. The fourth-order valence-corrected chi connectivity index (χ4v) is 9.30. The number of unbranched alkanes of at least 4 members (excludes halogenated alkanes) is 2. The molecule has 76 heavy (non-hydrogen) atoms. The number of Topliss-reactive ketones (excluding diaryl/α,β-unsaturated/α-hetero) is 1. The quantitative estimate of drug-likeness (QED) is 0.0324. The van der Waals surface area contributed by atoms with Crippen molar-refractivity contribution < 1.29 is 48.7 Å². The molecule has 0 saturated carbocycles. The first-order valence-electron chi connectivity index (χ1n) is 25.5. The largest absolute Gasteiger partial charge is 0.871 e. The standard InChI is InChI=1S/C64H58N2O10/c1-5-7-13-36-73-47-32-28-44(29-33-47)66(55-26-15-24-51-50(55)23-16-27-58(51)76-48(39-74-59(69)17-6-2)40-75-64(72)41(3)4)46-31-35-53(57(68)38-46)61-62(70)60(63(61)71)52-34-30-45(37-56(52)67)65(43-20-9-8-10-21-43)54-25-14-19-42-18-11-12-22-49(42)54/h8-12,14-16,18-35,37-38,48H,3,5-7,13,17,36,39-40H2,1-2,4H3,(H2,67,68,70,71). The molecule has 0 amide bonds. The number of hydrogen-bond acceptors (Lipinski definition) is 11. The van der Waals surface area contributed by atoms with Gasteiger partial charge in [-0.3, -0.25) is 9.59 Å². The van der Waals surface area contributed by atoms with Gasteiger partial charge < -0.3 is 39.2 Å². The summed E-state index contributed by atoms with van der Waals surface area (Å²) in [4.78, 5) is 40.9. The Morgan fingerprint density at radius 3 is 2.16 bits per heavy atom. The van der Waals surface area contributed by atoms with Gasteiger partial charge in [-0.2, -0.15) is 4.58 Å². The number of aromatic hydroxyl groups is 1. The fraction of sp³-hybridized carbons (Fsp3) is 0.188. The third-order valence-corrected chi connectivity index (χ3v) is 13.1. The zero-order valence-electron chi connectivity index (χ0n) is 42.7. The van der Waals surface area contributed by atoms with Crippen molar-refractivity contribution in [1.82, 2.24) is 4.58 Å². The lowest BCUT2D eigenvalue weighted by atomic mass is 9.79. The number of ether oxygens (including phenoxy) is 4. The number of nitrogens with zero attached hydrogens (tertiary/aromatic N) is 2. The Bertz CT molecular complexity index is 3530. The number of aliphatic hydroxyl groups is 1. The number of hydrogen-bond donors (Lipinski definition) is 2. The lowest BCUT2D eigenvalue weighted by molar-refractivity contribution is -0.297. The number of ketones is 1. The number of phenols is 1. The van der Waals surface area contributed by atoms with E-state index < -0.39 is 29.6 Å². The van der Waals surface area contributed by atoms with Crippen molar-refractivity contribution in [3.8, 4) is 17.2 Å². The highest BCUT2D eigenvalue weighted by molar-refractivity contribution is 6.40. The number of aliphatic hydroxyl groups excluding tert-OH is 1. The number of carbonyl (C=O) groups excluding carboxylic acids is 3. The van der Waals surface area contributed by atoms with Crippen molar-refractivity contribution in [2.45, 2.75) is 59.0 Å². The monoisotopic (exact) mass is 1010 g/mol. The molecule has 7 aromatic carbocycles. The molecule has 0 aromatic heterocycles. The molecule has 12 heteroatoms. The zero-order valence-corrected chi connectivity index (χ0v) is 42.7. The van der Waals surface area contributed by atoms with E-state index in [1.165, 1.54) is 6.07 Å². The lowest BCUT2D eigenvalue weighted by Gasteiger charge is -2.33. The van der Waals surface area contributed by atoms with E-state index in [0.717, 1.165) is 46.8 Å². The molecule has 2 aliphatic carbocycles. The minimum absolute atomic E-state index is 0.0484. The highest BCUT2D eigenvalue weighted by Crippen LogP contribution is 2.46. The van der Waals surface area contributed by atoms with Gasteiger partial charge in [0.1, 0.15) is 36.2 Å². The van der Waals surface area contributed by atoms with E-state index in [2.05, 4.69) is 13.5 Å². The van der Waals surface area contributed by atoms with E-state index >= 15 is 0 Å². The van der Waals surface area contributed by atoms with E-state index in [4.69, 9.17) is 18.9 Å². The van der Waals surface area contributed by atoms with Crippen LogP contribution in [-0.2, 0) is 23.9 Å². The second kappa shape index (κ2) is 23.4. The van der Waals surface area contributed by atoms with Gasteiger partial charge in [0, 0.05) is 86.8 Å². The maximum absolute atomic E-state index is 14.1. The van der Waals surface area contributed by atoms with Crippen molar-refractivity contribution in [1.29, 1.82) is 0 Å². The van der Waals surface area contributed by atoms with Gasteiger partial charge >= 0.3 is 11.9 Å². The van der Waals surface area contributed by atoms with Crippen LogP contribution in [0.4, 0.5) is 28.4 Å². The maximum Gasteiger partial charge on any atom is 0.333 e. The van der Waals surface area contributed by atoms with Crippen molar-refractivity contribution in [2.75, 3.05) is 24.7 Å². The van der Waals surface area contributed by atoms with E-state index in [0.29, 0.717) is 52.7 Å². The molecule has 1 unspecified atom stereocenters. The number of allylic oxidation sites excluding steroid dienone is 5. The second-order valence-electron chi connectivity index (χ2n) is 18.5. The van der Waals surface area contributed by atoms with Crippen molar-refractivity contribution in [3.63, 3.8) is 0 Å². The smallest absolute Gasteiger partial charge is 0.333 e. The Hall–Kier alpha value is -9.16. The molecule has 2 N–H and O–H groups in total. The van der Waals surface area contributed by atoms with Crippen molar-refractivity contribution in [2.24, 2.45) is 0 Å². The summed E-state index contributed by atoms with van der Waals surface area (Å²) in [5.74, 6) is -1.65. The normalized spacial score (nSPS) is 15.2. The van der Waals surface area contributed by atoms with Gasteiger partial charge in [0.15, 0.2) is 11.9 Å². The molecule has 7 aromatic rings. The fourth-order valence-electron chi connectivity index (χ4n) is 9.30. The summed E-state index contributed by atoms with van der Waals surface area (Å²) in [5.41, 5.74) is 4.18. The van der Waals surface area contributed by atoms with E-state index in [9.17, 15) is 29.7 Å².